The third kappa shape index (κ3) is 29.4. The molecular formula is C48H85N3O15P2. The van der Waals surface area contributed by atoms with Crippen LogP contribution in [-0.2, 0) is 46.3 Å². The lowest BCUT2D eigenvalue weighted by molar-refractivity contribution is -0.161. The molecule has 1 aromatic rings. The van der Waals surface area contributed by atoms with Crippen molar-refractivity contribution in [3.05, 3.63) is 47.1 Å². The number of ether oxygens (including phenoxy) is 3. The summed E-state index contributed by atoms with van der Waals surface area (Å²) in [5.41, 5.74) is 4.59. The van der Waals surface area contributed by atoms with Gasteiger partial charge in [-0.1, -0.05) is 141 Å². The molecule has 0 aliphatic carbocycles. The Labute approximate surface area is 405 Å². The lowest BCUT2D eigenvalue weighted by atomic mass is 10.1. The third-order valence-corrected chi connectivity index (χ3v) is 14.1. The van der Waals surface area contributed by atoms with Gasteiger partial charge >= 0.3 is 33.3 Å². The molecule has 1 aliphatic rings. The number of nitrogen functional groups attached to an aromatic ring is 1. The number of anilines is 1. The Balaban J connectivity index is 1.81. The number of aromatic nitrogens is 2. The Morgan fingerprint density at radius 1 is 0.691 bits per heavy atom. The highest BCUT2D eigenvalue weighted by molar-refractivity contribution is 7.61. The summed E-state index contributed by atoms with van der Waals surface area (Å²) in [7, 11) is -10.8. The molecule has 6 N–H and O–H groups in total. The minimum Gasteiger partial charge on any atom is -0.462 e. The summed E-state index contributed by atoms with van der Waals surface area (Å²) in [6.07, 6.45) is 31.1. The van der Waals surface area contributed by atoms with Gasteiger partial charge in [0.05, 0.1) is 13.2 Å². The number of carbonyl (C=O) groups is 2. The van der Waals surface area contributed by atoms with Gasteiger partial charge in [0.15, 0.2) is 12.3 Å². The molecule has 2 rings (SSSR count). The summed E-state index contributed by atoms with van der Waals surface area (Å²) < 4.78 is 56.8. The molecule has 0 saturated carbocycles. The van der Waals surface area contributed by atoms with Crippen molar-refractivity contribution in [3.63, 3.8) is 0 Å². The molecule has 0 aromatic carbocycles. The third-order valence-electron chi connectivity index (χ3n) is 11.5. The number of hydrogen-bond acceptors (Lipinski definition) is 15. The lowest BCUT2D eigenvalue weighted by Crippen LogP contribution is -2.36. The summed E-state index contributed by atoms with van der Waals surface area (Å²) in [6, 6.07) is 1.25. The van der Waals surface area contributed by atoms with Crippen molar-refractivity contribution >= 4 is 33.4 Å². The maximum absolute atomic E-state index is 12.8. The van der Waals surface area contributed by atoms with Crippen molar-refractivity contribution < 1.29 is 66.3 Å². The van der Waals surface area contributed by atoms with Crippen LogP contribution in [0.5, 0.6) is 0 Å². The number of allylic oxidation sites excluding steroid dienone is 4. The van der Waals surface area contributed by atoms with Gasteiger partial charge in [0.2, 0.25) is 0 Å². The number of nitrogens with two attached hydrogens (primary N) is 1. The predicted molar refractivity (Wildman–Crippen MR) is 261 cm³/mol. The predicted octanol–water partition coefficient (Wildman–Crippen LogP) is 10.2. The number of esters is 2. The van der Waals surface area contributed by atoms with Crippen molar-refractivity contribution in [1.82, 2.24) is 9.55 Å². The molecular weight excluding hydrogens is 920 g/mol. The molecule has 1 aromatic heterocycles. The van der Waals surface area contributed by atoms with Gasteiger partial charge in [-0.15, -0.1) is 0 Å². The fraction of sp³-hybridized carbons (Fsp3) is 0.792. The normalized spacial score (nSPS) is 19.6. The average Bonchev–Trinajstić information content (AvgIpc) is 3.57. The molecule has 7 atom stereocenters. The van der Waals surface area contributed by atoms with Crippen molar-refractivity contribution in [3.8, 4) is 0 Å². The van der Waals surface area contributed by atoms with E-state index in [9.17, 15) is 43.5 Å². The van der Waals surface area contributed by atoms with Gasteiger partial charge in [0.25, 0.3) is 0 Å². The summed E-state index contributed by atoms with van der Waals surface area (Å²) >= 11 is 0. The number of aliphatic hydroxyl groups is 2. The minimum absolute atomic E-state index is 0.0403. The molecule has 1 fully saturated rings. The molecule has 7 unspecified atom stereocenters. The molecule has 18 nitrogen and oxygen atoms in total. The first-order valence-electron chi connectivity index (χ1n) is 25.3. The van der Waals surface area contributed by atoms with E-state index in [0.29, 0.717) is 12.8 Å². The van der Waals surface area contributed by atoms with Crippen LogP contribution in [0.1, 0.15) is 200 Å². The summed E-state index contributed by atoms with van der Waals surface area (Å²) in [6.45, 7) is 2.14. The maximum Gasteiger partial charge on any atom is 0.481 e. The Morgan fingerprint density at radius 3 is 1.65 bits per heavy atom. The smallest absolute Gasteiger partial charge is 0.462 e. The summed E-state index contributed by atoms with van der Waals surface area (Å²) in [5, 5.41) is 20.9. The molecule has 0 amide bonds. The summed E-state index contributed by atoms with van der Waals surface area (Å²) in [4.78, 5) is 61.9. The number of nitrogens with zero attached hydrogens (tertiary/aromatic N) is 2. The quantitative estimate of drug-likeness (QED) is 0.0176. The van der Waals surface area contributed by atoms with E-state index in [0.717, 1.165) is 81.6 Å². The molecule has 0 radical (unpaired) electrons. The number of phosphoric ester groups is 2. The number of carbonyl (C=O) groups excluding carboxylic acids is 2. The molecule has 20 heteroatoms. The van der Waals surface area contributed by atoms with Gasteiger partial charge in [-0.3, -0.25) is 23.2 Å². The van der Waals surface area contributed by atoms with Crippen LogP contribution >= 0.6 is 15.6 Å². The van der Waals surface area contributed by atoms with Gasteiger partial charge in [-0.05, 0) is 70.3 Å². The topological polar surface area (TPSA) is 265 Å². The molecule has 1 aliphatic heterocycles. The highest BCUT2D eigenvalue weighted by atomic mass is 31.3. The van der Waals surface area contributed by atoms with Gasteiger partial charge in [0.1, 0.15) is 30.7 Å². The monoisotopic (exact) mass is 1010 g/mol. The first kappa shape index (κ1) is 61.4. The second-order valence-corrected chi connectivity index (χ2v) is 20.7. The van der Waals surface area contributed by atoms with Crippen molar-refractivity contribution in [2.24, 2.45) is 0 Å². The second kappa shape index (κ2) is 37.1. The zero-order chi connectivity index (χ0) is 49.9. The van der Waals surface area contributed by atoms with Crippen LogP contribution < -0.4 is 11.4 Å². The zero-order valence-corrected chi connectivity index (χ0v) is 42.7. The Bertz CT molecular complexity index is 1730. The van der Waals surface area contributed by atoms with Crippen LogP contribution in [0.4, 0.5) is 5.82 Å². The number of hydrogen-bond donors (Lipinski definition) is 5. The van der Waals surface area contributed by atoms with Crippen LogP contribution in [0.15, 0.2) is 41.4 Å². The Hall–Kier alpha value is -2.76. The fourth-order valence-corrected chi connectivity index (χ4v) is 9.65. The zero-order valence-electron chi connectivity index (χ0n) is 40.9. The second-order valence-electron chi connectivity index (χ2n) is 17.7. The van der Waals surface area contributed by atoms with E-state index < -0.39 is 83.7 Å². The SMILES string of the molecule is CCCCCCCC/C=C/CCCCCCCC(=O)OCC(COP(=O)(O)OP(=O)(O)OCC1OC(n2ccc(N)nc2=O)C(O)C1O)OC(=O)CCCCCCC/C=C/CCCCCCCC. The standard InChI is InChI=1S/C48H85N3O15P2/c1-3-5-7-9-11-13-15-17-19-21-23-25-27-29-31-33-43(52)61-37-40(64-44(53)34-32-30-28-26-24-22-20-18-16-14-12-10-8-6-4-2)38-62-67(57,58)66-68(59,60)63-39-41-45(54)46(55)47(65-41)51-36-35-42(49)50-48(51)56/h17-20,35-36,40-41,45-47,54-55H,3-16,21-34,37-39H2,1-2H3,(H,57,58)(H,59,60)(H2,49,50,56)/b19-17+,20-18+. The van der Waals surface area contributed by atoms with Crippen LogP contribution in [0.2, 0.25) is 0 Å². The number of rotatable bonds is 42. The van der Waals surface area contributed by atoms with Gasteiger partial charge in [-0.2, -0.15) is 9.29 Å². The van der Waals surface area contributed by atoms with E-state index in [1.165, 1.54) is 89.3 Å². The van der Waals surface area contributed by atoms with Crippen molar-refractivity contribution in [2.45, 2.75) is 224 Å². The highest BCUT2D eigenvalue weighted by Gasteiger charge is 2.46. The number of phosphoric acid groups is 2. The largest absolute Gasteiger partial charge is 0.481 e. The first-order valence-corrected chi connectivity index (χ1v) is 28.3. The molecule has 0 spiro atoms. The molecule has 68 heavy (non-hydrogen) atoms. The van der Waals surface area contributed by atoms with E-state index >= 15 is 0 Å². The Morgan fingerprint density at radius 2 is 1.15 bits per heavy atom. The van der Waals surface area contributed by atoms with E-state index in [1.807, 2.05) is 0 Å². The lowest BCUT2D eigenvalue weighted by Gasteiger charge is -2.21. The van der Waals surface area contributed by atoms with Crippen molar-refractivity contribution in [1.29, 1.82) is 0 Å². The van der Waals surface area contributed by atoms with Crippen LogP contribution in [0, 0.1) is 0 Å². The molecule has 2 heterocycles. The number of unbranched alkanes of at least 4 members (excludes halogenated alkanes) is 22. The number of aliphatic hydroxyl groups excluding tert-OH is 2. The molecule has 392 valence electrons. The van der Waals surface area contributed by atoms with Gasteiger partial charge in [-0.25, -0.2) is 13.9 Å². The maximum atomic E-state index is 12.8. The average molecular weight is 1010 g/mol. The first-order chi connectivity index (χ1) is 32.7. The molecule has 0 bridgehead atoms. The van der Waals surface area contributed by atoms with Crippen molar-refractivity contribution in [2.75, 3.05) is 25.6 Å². The van der Waals surface area contributed by atoms with Gasteiger partial charge < -0.3 is 39.9 Å². The fourth-order valence-electron chi connectivity index (χ4n) is 7.54. The van der Waals surface area contributed by atoms with Crippen LogP contribution in [0.3, 0.4) is 0 Å². The van der Waals surface area contributed by atoms with Crippen LogP contribution in [0.25, 0.3) is 0 Å². The Kier molecular flexibility index (Phi) is 33.5. The van der Waals surface area contributed by atoms with E-state index in [-0.39, 0.29) is 18.7 Å². The molecule has 1 saturated heterocycles. The van der Waals surface area contributed by atoms with E-state index in [4.69, 9.17) is 29.0 Å². The summed E-state index contributed by atoms with van der Waals surface area (Å²) in [5.74, 6) is -1.31. The highest BCUT2D eigenvalue weighted by Crippen LogP contribution is 2.60. The van der Waals surface area contributed by atoms with Crippen LogP contribution in [-0.4, -0.2) is 85.7 Å². The van der Waals surface area contributed by atoms with E-state index in [2.05, 4.69) is 47.4 Å². The van der Waals surface area contributed by atoms with E-state index in [1.54, 1.807) is 0 Å². The van der Waals surface area contributed by atoms with Gasteiger partial charge in [0, 0.05) is 19.0 Å². The minimum atomic E-state index is -5.42.